The number of hydrogen-bond acceptors (Lipinski definition) is 1. The van der Waals surface area contributed by atoms with Gasteiger partial charge in [-0.3, -0.25) is 0 Å². The Morgan fingerprint density at radius 1 is 1.38 bits per heavy atom. The molecule has 0 nitrogen and oxygen atoms in total. The normalized spacial score (nSPS) is 11.0. The molecule has 0 aliphatic heterocycles. The molecule has 2 heteroatoms. The summed E-state index contributed by atoms with van der Waals surface area (Å²) < 4.78 is 14.2. The molecule has 0 amide bonds. The predicted molar refractivity (Wildman–Crippen MR) is 55.9 cm³/mol. The molecule has 68 valence electrons. The monoisotopic (exact) mass is 194 g/mol. The molecule has 0 aliphatic rings. The van der Waals surface area contributed by atoms with Crippen LogP contribution in [0.5, 0.6) is 0 Å². The predicted octanol–water partition coefficient (Wildman–Crippen LogP) is 3.91. The molecule has 2 rings (SSSR count). The number of hydrogen-bond donors (Lipinski definition) is 0. The van der Waals surface area contributed by atoms with Gasteiger partial charge in [-0.15, -0.1) is 11.3 Å². The lowest BCUT2D eigenvalue weighted by Gasteiger charge is -1.99. The summed E-state index contributed by atoms with van der Waals surface area (Å²) in [6.45, 7) is 4.07. The maximum atomic E-state index is 13.5. The Morgan fingerprint density at radius 3 is 2.85 bits per heavy atom. The van der Waals surface area contributed by atoms with Gasteiger partial charge in [0, 0.05) is 0 Å². The van der Waals surface area contributed by atoms with Crippen molar-refractivity contribution in [2.24, 2.45) is 0 Å². The highest BCUT2D eigenvalue weighted by atomic mass is 32.1. The van der Waals surface area contributed by atoms with Gasteiger partial charge >= 0.3 is 0 Å². The van der Waals surface area contributed by atoms with Crippen molar-refractivity contribution in [2.45, 2.75) is 20.3 Å². The van der Waals surface area contributed by atoms with Crippen LogP contribution >= 0.6 is 11.3 Å². The largest absolute Gasteiger partial charge is 0.205 e. The molecule has 13 heavy (non-hydrogen) atoms. The Kier molecular flexibility index (Phi) is 2.08. The molecule has 0 bridgehead atoms. The van der Waals surface area contributed by atoms with Crippen LogP contribution in [0.4, 0.5) is 4.39 Å². The maximum Gasteiger partial charge on any atom is 0.141 e. The van der Waals surface area contributed by atoms with Crippen LogP contribution in [0.1, 0.15) is 18.1 Å². The van der Waals surface area contributed by atoms with E-state index in [2.05, 4.69) is 6.07 Å². The first kappa shape index (κ1) is 8.70. The fraction of sp³-hybridized carbons (Fsp3) is 0.273. The van der Waals surface area contributed by atoms with E-state index in [0.717, 1.165) is 22.1 Å². The van der Waals surface area contributed by atoms with Gasteiger partial charge in [0.15, 0.2) is 0 Å². The Morgan fingerprint density at radius 2 is 2.15 bits per heavy atom. The summed E-state index contributed by atoms with van der Waals surface area (Å²) in [7, 11) is 0. The fourth-order valence-electron chi connectivity index (χ4n) is 1.48. The summed E-state index contributed by atoms with van der Waals surface area (Å²) >= 11 is 1.48. The van der Waals surface area contributed by atoms with E-state index < -0.39 is 0 Å². The molecule has 0 fully saturated rings. The van der Waals surface area contributed by atoms with Crippen LogP contribution in [0.25, 0.3) is 10.1 Å². The van der Waals surface area contributed by atoms with Crippen molar-refractivity contribution in [3.8, 4) is 0 Å². The molecular formula is C11H11FS. The molecule has 0 radical (unpaired) electrons. The lowest BCUT2D eigenvalue weighted by Crippen LogP contribution is -1.83. The minimum absolute atomic E-state index is 0.0764. The van der Waals surface area contributed by atoms with Gasteiger partial charge in [0.05, 0.1) is 4.70 Å². The second-order valence-corrected chi connectivity index (χ2v) is 4.11. The first-order valence-electron chi connectivity index (χ1n) is 4.38. The molecular weight excluding hydrogens is 183 g/mol. The summed E-state index contributed by atoms with van der Waals surface area (Å²) in [5, 5.41) is 3.08. The average Bonchev–Trinajstić information content (AvgIpc) is 2.48. The molecule has 0 saturated carbocycles. The molecule has 1 aromatic carbocycles. The van der Waals surface area contributed by atoms with Gasteiger partial charge in [-0.25, -0.2) is 4.39 Å². The van der Waals surface area contributed by atoms with Crippen molar-refractivity contribution in [1.29, 1.82) is 0 Å². The Labute approximate surface area is 81.0 Å². The van der Waals surface area contributed by atoms with Crippen LogP contribution in [0.2, 0.25) is 0 Å². The molecule has 0 aliphatic carbocycles. The fourth-order valence-corrected chi connectivity index (χ4v) is 2.42. The molecule has 0 N–H and O–H groups in total. The van der Waals surface area contributed by atoms with Crippen LogP contribution < -0.4 is 0 Å². The quantitative estimate of drug-likeness (QED) is 0.645. The van der Waals surface area contributed by atoms with Crippen LogP contribution in [-0.2, 0) is 6.42 Å². The maximum absolute atomic E-state index is 13.5. The second-order valence-electron chi connectivity index (χ2n) is 3.23. The molecule has 0 saturated heterocycles. The van der Waals surface area contributed by atoms with E-state index in [1.54, 1.807) is 6.07 Å². The molecule has 1 heterocycles. The summed E-state index contributed by atoms with van der Waals surface area (Å²) in [6, 6.07) is 3.72. The summed E-state index contributed by atoms with van der Waals surface area (Å²) in [6.07, 6.45) is 0.891. The third-order valence-electron chi connectivity index (χ3n) is 2.29. The topological polar surface area (TPSA) is 0 Å². The van der Waals surface area contributed by atoms with Gasteiger partial charge in [0.25, 0.3) is 0 Å². The Bertz CT molecular complexity index is 443. The van der Waals surface area contributed by atoms with Crippen molar-refractivity contribution in [3.63, 3.8) is 0 Å². The molecule has 2 aromatic rings. The van der Waals surface area contributed by atoms with Gasteiger partial charge in [0.1, 0.15) is 5.82 Å². The van der Waals surface area contributed by atoms with E-state index >= 15 is 0 Å². The number of fused-ring (bicyclic) bond motifs is 1. The Balaban J connectivity index is 2.80. The van der Waals surface area contributed by atoms with Gasteiger partial charge in [-0.1, -0.05) is 6.92 Å². The number of benzene rings is 1. The van der Waals surface area contributed by atoms with Crippen LogP contribution in [-0.4, -0.2) is 0 Å². The van der Waals surface area contributed by atoms with Gasteiger partial charge in [0.2, 0.25) is 0 Å². The van der Waals surface area contributed by atoms with Crippen molar-refractivity contribution >= 4 is 21.4 Å². The first-order valence-corrected chi connectivity index (χ1v) is 5.26. The Hall–Kier alpha value is -0.890. The second kappa shape index (κ2) is 3.11. The lowest BCUT2D eigenvalue weighted by atomic mass is 10.1. The highest BCUT2D eigenvalue weighted by Gasteiger charge is 2.06. The lowest BCUT2D eigenvalue weighted by molar-refractivity contribution is 0.639. The molecule has 0 unspecified atom stereocenters. The highest BCUT2D eigenvalue weighted by Crippen LogP contribution is 2.29. The van der Waals surface area contributed by atoms with E-state index in [9.17, 15) is 4.39 Å². The molecule has 0 spiro atoms. The van der Waals surface area contributed by atoms with Crippen LogP contribution in [0, 0.1) is 12.7 Å². The van der Waals surface area contributed by atoms with Gasteiger partial charge < -0.3 is 0 Å². The van der Waals surface area contributed by atoms with Crippen LogP contribution in [0.15, 0.2) is 17.5 Å². The minimum atomic E-state index is -0.0764. The number of aryl methyl sites for hydroxylation is 2. The van der Waals surface area contributed by atoms with Crippen LogP contribution in [0.3, 0.4) is 0 Å². The third-order valence-corrected chi connectivity index (χ3v) is 3.41. The molecule has 1 aromatic heterocycles. The van der Waals surface area contributed by atoms with Gasteiger partial charge in [-0.05, 0) is 47.4 Å². The molecule has 0 atom stereocenters. The highest BCUT2D eigenvalue weighted by molar-refractivity contribution is 7.17. The summed E-state index contributed by atoms with van der Waals surface area (Å²) in [5.41, 5.74) is 2.25. The van der Waals surface area contributed by atoms with Crippen molar-refractivity contribution in [3.05, 3.63) is 34.5 Å². The number of thiophene rings is 1. The summed E-state index contributed by atoms with van der Waals surface area (Å²) in [5.74, 6) is -0.0764. The van der Waals surface area contributed by atoms with Crippen molar-refractivity contribution in [2.75, 3.05) is 0 Å². The van der Waals surface area contributed by atoms with E-state index in [0.29, 0.717) is 0 Å². The number of rotatable bonds is 1. The zero-order valence-electron chi connectivity index (χ0n) is 7.73. The third kappa shape index (κ3) is 1.35. The smallest absolute Gasteiger partial charge is 0.141 e. The minimum Gasteiger partial charge on any atom is -0.205 e. The SMILES string of the molecule is CCc1cc(F)c2scc(C)c2c1. The van der Waals surface area contributed by atoms with E-state index in [4.69, 9.17) is 0 Å². The standard InChI is InChI=1S/C11H11FS/c1-3-8-4-9-7(2)6-13-11(9)10(12)5-8/h4-6H,3H2,1-2H3. The zero-order valence-corrected chi connectivity index (χ0v) is 8.54. The zero-order chi connectivity index (χ0) is 9.42. The van der Waals surface area contributed by atoms with E-state index in [1.807, 2.05) is 19.2 Å². The van der Waals surface area contributed by atoms with E-state index in [1.165, 1.54) is 16.9 Å². The average molecular weight is 194 g/mol. The van der Waals surface area contributed by atoms with Gasteiger partial charge in [-0.2, -0.15) is 0 Å². The van der Waals surface area contributed by atoms with Crippen molar-refractivity contribution in [1.82, 2.24) is 0 Å². The summed E-state index contributed by atoms with van der Waals surface area (Å²) in [4.78, 5) is 0. The van der Waals surface area contributed by atoms with E-state index in [-0.39, 0.29) is 5.82 Å². The number of halogens is 1. The first-order chi connectivity index (χ1) is 6.22. The van der Waals surface area contributed by atoms with Crippen molar-refractivity contribution < 1.29 is 4.39 Å².